The van der Waals surface area contributed by atoms with Crippen LogP contribution < -0.4 is 5.32 Å². The summed E-state index contributed by atoms with van der Waals surface area (Å²) in [6.07, 6.45) is 0.732. The predicted octanol–water partition coefficient (Wildman–Crippen LogP) is 4.59. The first kappa shape index (κ1) is 14.8. The number of hydrogen-bond donors (Lipinski definition) is 1. The molecule has 0 heterocycles. The fourth-order valence-electron chi connectivity index (χ4n) is 2.03. The number of hydrogen-bond acceptors (Lipinski definition) is 1. The Labute approximate surface area is 131 Å². The molecule has 1 nitrogen and oxygen atoms in total. The van der Waals surface area contributed by atoms with Crippen molar-refractivity contribution < 1.29 is 4.39 Å². The number of benzene rings is 2. The van der Waals surface area contributed by atoms with Gasteiger partial charge >= 0.3 is 0 Å². The van der Waals surface area contributed by atoms with Gasteiger partial charge in [0, 0.05) is 14.6 Å². The molecule has 0 fully saturated rings. The molecular weight excluding hydrogens is 376 g/mol. The molecule has 100 valence electrons. The third-order valence-electron chi connectivity index (χ3n) is 3.07. The van der Waals surface area contributed by atoms with Gasteiger partial charge in [0.15, 0.2) is 0 Å². The average Bonchev–Trinajstić information content (AvgIpc) is 2.39. The monoisotopic (exact) mass is 389 g/mol. The number of likely N-dealkylation sites (N-methyl/N-ethyl adjacent to an activating group) is 1. The summed E-state index contributed by atoms with van der Waals surface area (Å²) in [6, 6.07) is 12.9. The topological polar surface area (TPSA) is 12.0 Å². The average molecular weight is 390 g/mol. The molecule has 0 aromatic heterocycles. The number of rotatable bonds is 4. The first-order chi connectivity index (χ1) is 9.11. The van der Waals surface area contributed by atoms with Gasteiger partial charge in [0.2, 0.25) is 0 Å². The summed E-state index contributed by atoms with van der Waals surface area (Å²) in [5.74, 6) is -0.302. The minimum Gasteiger partial charge on any atom is -0.313 e. The lowest BCUT2D eigenvalue weighted by Crippen LogP contribution is -2.20. The summed E-state index contributed by atoms with van der Waals surface area (Å²) in [5.41, 5.74) is 2.17. The van der Waals surface area contributed by atoms with Gasteiger partial charge in [-0.15, -0.1) is 0 Å². The van der Waals surface area contributed by atoms with E-state index in [-0.39, 0.29) is 11.9 Å². The molecule has 2 aromatic carbocycles. The van der Waals surface area contributed by atoms with E-state index in [9.17, 15) is 4.39 Å². The van der Waals surface area contributed by atoms with Crippen LogP contribution in [0.25, 0.3) is 0 Å². The van der Waals surface area contributed by atoms with Gasteiger partial charge in [0.25, 0.3) is 0 Å². The van der Waals surface area contributed by atoms with Crippen molar-refractivity contribution in [1.82, 2.24) is 5.32 Å². The Morgan fingerprint density at radius 2 is 2.00 bits per heavy atom. The van der Waals surface area contributed by atoms with E-state index in [1.165, 1.54) is 21.3 Å². The second kappa shape index (κ2) is 6.68. The van der Waals surface area contributed by atoms with Crippen LogP contribution in [0, 0.1) is 9.39 Å². The molecule has 0 spiro atoms. The summed E-state index contributed by atoms with van der Waals surface area (Å²) in [7, 11) is 1.92. The number of nitrogens with one attached hydrogen (secondary N) is 1. The summed E-state index contributed by atoms with van der Waals surface area (Å²) >= 11 is 8.41. The zero-order chi connectivity index (χ0) is 13.8. The molecule has 2 aromatic rings. The Morgan fingerprint density at radius 1 is 1.26 bits per heavy atom. The molecular formula is C15H14ClFIN. The summed E-state index contributed by atoms with van der Waals surface area (Å²) in [5, 5.41) is 3.77. The minimum absolute atomic E-state index is 0.163. The summed E-state index contributed by atoms with van der Waals surface area (Å²) < 4.78 is 14.3. The minimum atomic E-state index is -0.302. The Morgan fingerprint density at radius 3 is 2.63 bits per heavy atom. The van der Waals surface area contributed by atoms with Gasteiger partial charge in [-0.3, -0.25) is 0 Å². The van der Waals surface area contributed by atoms with Crippen molar-refractivity contribution in [2.75, 3.05) is 7.05 Å². The highest BCUT2D eigenvalue weighted by Crippen LogP contribution is 2.26. The zero-order valence-electron chi connectivity index (χ0n) is 10.5. The van der Waals surface area contributed by atoms with Crippen molar-refractivity contribution in [3.63, 3.8) is 0 Å². The molecule has 0 bridgehead atoms. The predicted molar refractivity (Wildman–Crippen MR) is 86.1 cm³/mol. The van der Waals surface area contributed by atoms with E-state index in [4.69, 9.17) is 11.6 Å². The van der Waals surface area contributed by atoms with E-state index in [0.717, 1.165) is 12.0 Å². The van der Waals surface area contributed by atoms with Gasteiger partial charge in [-0.1, -0.05) is 35.9 Å². The van der Waals surface area contributed by atoms with Crippen molar-refractivity contribution in [3.8, 4) is 0 Å². The highest BCUT2D eigenvalue weighted by atomic mass is 127. The molecule has 0 saturated carbocycles. The SMILES string of the molecule is CNC(Cc1ccc(F)cc1Cl)c1ccccc1I. The van der Waals surface area contributed by atoms with E-state index >= 15 is 0 Å². The third-order valence-corrected chi connectivity index (χ3v) is 4.40. The largest absolute Gasteiger partial charge is 0.313 e. The molecule has 1 atom stereocenters. The molecule has 0 radical (unpaired) electrons. The van der Waals surface area contributed by atoms with E-state index < -0.39 is 0 Å². The van der Waals surface area contributed by atoms with E-state index in [1.807, 2.05) is 19.2 Å². The van der Waals surface area contributed by atoms with Crippen LogP contribution in [0.5, 0.6) is 0 Å². The second-order valence-corrected chi connectivity index (χ2v) is 5.87. The quantitative estimate of drug-likeness (QED) is 0.754. The Kier molecular flexibility index (Phi) is 5.19. The van der Waals surface area contributed by atoms with Crippen molar-refractivity contribution >= 4 is 34.2 Å². The molecule has 4 heteroatoms. The van der Waals surface area contributed by atoms with Gasteiger partial charge in [-0.2, -0.15) is 0 Å². The summed E-state index contributed by atoms with van der Waals surface area (Å²) in [4.78, 5) is 0. The molecule has 0 amide bonds. The van der Waals surface area contributed by atoms with Crippen LogP contribution in [-0.2, 0) is 6.42 Å². The third kappa shape index (κ3) is 3.68. The van der Waals surface area contributed by atoms with Crippen LogP contribution in [0.2, 0.25) is 5.02 Å². The molecule has 1 unspecified atom stereocenters. The van der Waals surface area contributed by atoms with Gasteiger partial charge in [0.05, 0.1) is 0 Å². The highest BCUT2D eigenvalue weighted by molar-refractivity contribution is 14.1. The van der Waals surface area contributed by atoms with Crippen LogP contribution in [0.15, 0.2) is 42.5 Å². The lowest BCUT2D eigenvalue weighted by molar-refractivity contribution is 0.586. The Bertz CT molecular complexity index is 574. The zero-order valence-corrected chi connectivity index (χ0v) is 13.4. The lowest BCUT2D eigenvalue weighted by atomic mass is 9.99. The van der Waals surface area contributed by atoms with Crippen molar-refractivity contribution in [3.05, 3.63) is 68.0 Å². The molecule has 0 aliphatic carbocycles. The van der Waals surface area contributed by atoms with E-state index in [0.29, 0.717) is 5.02 Å². The Hall–Kier alpha value is -0.650. The van der Waals surface area contributed by atoms with E-state index in [2.05, 4.69) is 40.0 Å². The second-order valence-electron chi connectivity index (χ2n) is 4.30. The van der Waals surface area contributed by atoms with Crippen LogP contribution in [-0.4, -0.2) is 7.05 Å². The maximum Gasteiger partial charge on any atom is 0.124 e. The fourth-order valence-corrected chi connectivity index (χ4v) is 3.04. The van der Waals surface area contributed by atoms with Crippen LogP contribution in [0.3, 0.4) is 0 Å². The first-order valence-corrected chi connectivity index (χ1v) is 7.43. The van der Waals surface area contributed by atoms with Crippen LogP contribution >= 0.6 is 34.2 Å². The van der Waals surface area contributed by atoms with Crippen molar-refractivity contribution in [2.24, 2.45) is 0 Å². The van der Waals surface area contributed by atoms with Gasteiger partial charge in [0.1, 0.15) is 5.82 Å². The highest BCUT2D eigenvalue weighted by Gasteiger charge is 2.14. The standard InChI is InChI=1S/C15H14ClFIN/c1-19-15(12-4-2-3-5-14(12)18)8-10-6-7-11(17)9-13(10)16/h2-7,9,15,19H,8H2,1H3. The van der Waals surface area contributed by atoms with Gasteiger partial charge in [-0.05, 0) is 65.4 Å². The van der Waals surface area contributed by atoms with Crippen LogP contribution in [0.4, 0.5) is 4.39 Å². The van der Waals surface area contributed by atoms with Crippen molar-refractivity contribution in [2.45, 2.75) is 12.5 Å². The molecule has 0 saturated heterocycles. The molecule has 0 aliphatic rings. The van der Waals surface area contributed by atoms with Crippen LogP contribution in [0.1, 0.15) is 17.2 Å². The molecule has 0 aliphatic heterocycles. The molecule has 1 N–H and O–H groups in total. The lowest BCUT2D eigenvalue weighted by Gasteiger charge is -2.19. The van der Waals surface area contributed by atoms with E-state index in [1.54, 1.807) is 6.07 Å². The maximum absolute atomic E-state index is 13.1. The van der Waals surface area contributed by atoms with Crippen molar-refractivity contribution in [1.29, 1.82) is 0 Å². The fraction of sp³-hybridized carbons (Fsp3) is 0.200. The summed E-state index contributed by atoms with van der Waals surface area (Å²) in [6.45, 7) is 0. The first-order valence-electron chi connectivity index (χ1n) is 5.97. The smallest absolute Gasteiger partial charge is 0.124 e. The Balaban J connectivity index is 2.27. The van der Waals surface area contributed by atoms with Gasteiger partial charge < -0.3 is 5.32 Å². The molecule has 2 rings (SSSR count). The van der Waals surface area contributed by atoms with Gasteiger partial charge in [-0.25, -0.2) is 4.39 Å². The normalized spacial score (nSPS) is 12.4. The maximum atomic E-state index is 13.1. The molecule has 19 heavy (non-hydrogen) atoms. The number of halogens is 3.